The SMILES string of the molecule is CCNC(=NCc1ccc(C(N)=O)cc1)N1CC(C)(C)C1(C)C. The third-order valence-electron chi connectivity index (χ3n) is 5.12. The molecule has 126 valence electrons. The van der Waals surface area contributed by atoms with Crippen LogP contribution in [0.4, 0.5) is 0 Å². The lowest BCUT2D eigenvalue weighted by molar-refractivity contribution is -0.0667. The normalized spacial score (nSPS) is 19.2. The predicted octanol–water partition coefficient (Wildman–Crippen LogP) is 2.37. The first-order chi connectivity index (χ1) is 10.7. The fraction of sp³-hybridized carbons (Fsp3) is 0.556. The summed E-state index contributed by atoms with van der Waals surface area (Å²) in [5.41, 5.74) is 7.19. The van der Waals surface area contributed by atoms with Crippen LogP contribution < -0.4 is 11.1 Å². The number of hydrogen-bond donors (Lipinski definition) is 2. The minimum atomic E-state index is -0.405. The van der Waals surface area contributed by atoms with Crippen LogP contribution in [0.1, 0.15) is 50.5 Å². The molecule has 0 radical (unpaired) electrons. The molecule has 23 heavy (non-hydrogen) atoms. The van der Waals surface area contributed by atoms with Gasteiger partial charge in [0.25, 0.3) is 0 Å². The molecular formula is C18H28N4O. The number of nitrogens with one attached hydrogen (secondary N) is 1. The lowest BCUT2D eigenvalue weighted by Crippen LogP contribution is -2.72. The topological polar surface area (TPSA) is 70.7 Å². The van der Waals surface area contributed by atoms with Crippen LogP contribution in [-0.2, 0) is 6.54 Å². The third-order valence-corrected chi connectivity index (χ3v) is 5.12. The summed E-state index contributed by atoms with van der Waals surface area (Å²) < 4.78 is 0. The monoisotopic (exact) mass is 316 g/mol. The van der Waals surface area contributed by atoms with E-state index in [9.17, 15) is 4.79 Å². The number of guanidine groups is 1. The molecule has 1 saturated heterocycles. The highest BCUT2D eigenvalue weighted by molar-refractivity contribution is 5.92. The van der Waals surface area contributed by atoms with Gasteiger partial charge in [-0.3, -0.25) is 4.79 Å². The van der Waals surface area contributed by atoms with Crippen LogP contribution in [0.15, 0.2) is 29.3 Å². The molecule has 1 aromatic rings. The largest absolute Gasteiger partial charge is 0.366 e. The zero-order valence-electron chi connectivity index (χ0n) is 14.8. The summed E-state index contributed by atoms with van der Waals surface area (Å²) in [4.78, 5) is 18.2. The lowest BCUT2D eigenvalue weighted by atomic mass is 9.65. The van der Waals surface area contributed by atoms with E-state index in [2.05, 4.69) is 44.8 Å². The average molecular weight is 316 g/mol. The minimum Gasteiger partial charge on any atom is -0.366 e. The van der Waals surface area contributed by atoms with E-state index in [0.717, 1.165) is 24.6 Å². The Hall–Kier alpha value is -2.04. The number of aliphatic imine (C=N–C) groups is 1. The fourth-order valence-corrected chi connectivity index (χ4v) is 2.74. The van der Waals surface area contributed by atoms with Gasteiger partial charge in [-0.05, 0) is 38.5 Å². The number of carbonyl (C=O) groups excluding carboxylic acids is 1. The number of hydrogen-bond acceptors (Lipinski definition) is 2. The number of nitrogens with two attached hydrogens (primary N) is 1. The highest BCUT2D eigenvalue weighted by Gasteiger charge is 2.53. The average Bonchev–Trinajstić information content (AvgIpc) is 2.49. The number of likely N-dealkylation sites (tertiary alicyclic amines) is 1. The summed E-state index contributed by atoms with van der Waals surface area (Å²) in [6.07, 6.45) is 0. The second-order valence-corrected chi connectivity index (χ2v) is 7.26. The lowest BCUT2D eigenvalue weighted by Gasteiger charge is -2.62. The second-order valence-electron chi connectivity index (χ2n) is 7.26. The highest BCUT2D eigenvalue weighted by Crippen LogP contribution is 2.46. The van der Waals surface area contributed by atoms with Gasteiger partial charge in [0.1, 0.15) is 0 Å². The molecule has 5 nitrogen and oxygen atoms in total. The molecule has 3 N–H and O–H groups in total. The summed E-state index contributed by atoms with van der Waals surface area (Å²) in [6.45, 7) is 13.6. The number of carbonyl (C=O) groups is 1. The van der Waals surface area contributed by atoms with Crippen molar-refractivity contribution in [2.45, 2.75) is 46.7 Å². The Morgan fingerprint density at radius 1 is 1.26 bits per heavy atom. The van der Waals surface area contributed by atoms with Crippen molar-refractivity contribution in [2.24, 2.45) is 16.1 Å². The van der Waals surface area contributed by atoms with Gasteiger partial charge >= 0.3 is 0 Å². The summed E-state index contributed by atoms with van der Waals surface area (Å²) in [5, 5.41) is 3.38. The zero-order valence-corrected chi connectivity index (χ0v) is 14.8. The van der Waals surface area contributed by atoms with Crippen molar-refractivity contribution < 1.29 is 4.79 Å². The molecule has 2 rings (SSSR count). The number of nitrogens with zero attached hydrogens (tertiary/aromatic N) is 2. The van der Waals surface area contributed by atoms with Crippen LogP contribution in [0.5, 0.6) is 0 Å². The standard InChI is InChI=1S/C18H28N4O/c1-6-20-16(22-12-17(2,3)18(22,4)5)21-11-13-7-9-14(10-8-13)15(19)23/h7-10H,6,11-12H2,1-5H3,(H2,19,23)(H,20,21). The van der Waals surface area contributed by atoms with Gasteiger partial charge in [-0.2, -0.15) is 0 Å². The van der Waals surface area contributed by atoms with Crippen molar-refractivity contribution in [3.63, 3.8) is 0 Å². The smallest absolute Gasteiger partial charge is 0.248 e. The molecular weight excluding hydrogens is 288 g/mol. The Kier molecular flexibility index (Phi) is 4.68. The first kappa shape index (κ1) is 17.3. The van der Waals surface area contributed by atoms with Gasteiger partial charge in [-0.1, -0.05) is 26.0 Å². The molecule has 0 aliphatic carbocycles. The Balaban J connectivity index is 2.12. The molecule has 0 bridgehead atoms. The van der Waals surface area contributed by atoms with E-state index >= 15 is 0 Å². The van der Waals surface area contributed by atoms with Gasteiger partial charge in [0.2, 0.25) is 5.91 Å². The molecule has 0 spiro atoms. The Bertz CT molecular complexity index is 602. The van der Waals surface area contributed by atoms with E-state index < -0.39 is 5.91 Å². The quantitative estimate of drug-likeness (QED) is 0.662. The molecule has 1 amide bonds. The second kappa shape index (κ2) is 6.22. The third kappa shape index (κ3) is 3.33. The van der Waals surface area contributed by atoms with Gasteiger partial charge in [-0.15, -0.1) is 0 Å². The van der Waals surface area contributed by atoms with Crippen molar-refractivity contribution in [3.8, 4) is 0 Å². The number of rotatable bonds is 4. The summed E-state index contributed by atoms with van der Waals surface area (Å²) in [5.74, 6) is 0.536. The van der Waals surface area contributed by atoms with Crippen LogP contribution in [0, 0.1) is 5.41 Å². The molecule has 5 heteroatoms. The summed E-state index contributed by atoms with van der Waals surface area (Å²) in [7, 11) is 0. The Labute approximate surface area is 139 Å². The number of amides is 1. The zero-order chi connectivity index (χ0) is 17.3. The number of primary amides is 1. The van der Waals surface area contributed by atoms with Crippen molar-refractivity contribution in [1.29, 1.82) is 0 Å². The van der Waals surface area contributed by atoms with Gasteiger partial charge in [-0.25, -0.2) is 4.99 Å². The molecule has 1 aliphatic rings. The van der Waals surface area contributed by atoms with E-state index in [4.69, 9.17) is 10.7 Å². The van der Waals surface area contributed by atoms with Gasteiger partial charge in [0, 0.05) is 29.6 Å². The van der Waals surface area contributed by atoms with E-state index in [1.807, 2.05) is 12.1 Å². The van der Waals surface area contributed by atoms with Gasteiger partial charge in [0.15, 0.2) is 5.96 Å². The maximum atomic E-state index is 11.1. The molecule has 0 atom stereocenters. The highest BCUT2D eigenvalue weighted by atomic mass is 16.1. The van der Waals surface area contributed by atoms with E-state index in [-0.39, 0.29) is 11.0 Å². The van der Waals surface area contributed by atoms with E-state index in [1.54, 1.807) is 12.1 Å². The van der Waals surface area contributed by atoms with E-state index in [0.29, 0.717) is 12.1 Å². The van der Waals surface area contributed by atoms with E-state index in [1.165, 1.54) is 0 Å². The maximum Gasteiger partial charge on any atom is 0.248 e. The Morgan fingerprint density at radius 3 is 2.30 bits per heavy atom. The van der Waals surface area contributed by atoms with Crippen molar-refractivity contribution in [3.05, 3.63) is 35.4 Å². The molecule has 1 fully saturated rings. The summed E-state index contributed by atoms with van der Waals surface area (Å²) >= 11 is 0. The molecule has 1 aliphatic heterocycles. The number of benzene rings is 1. The molecule has 1 aromatic carbocycles. The summed E-state index contributed by atoms with van der Waals surface area (Å²) in [6, 6.07) is 7.30. The van der Waals surface area contributed by atoms with Crippen LogP contribution >= 0.6 is 0 Å². The van der Waals surface area contributed by atoms with Crippen LogP contribution in [0.2, 0.25) is 0 Å². The fourth-order valence-electron chi connectivity index (χ4n) is 2.74. The van der Waals surface area contributed by atoms with Gasteiger partial charge < -0.3 is 16.0 Å². The van der Waals surface area contributed by atoms with Crippen molar-refractivity contribution in [1.82, 2.24) is 10.2 Å². The molecule has 0 unspecified atom stereocenters. The Morgan fingerprint density at radius 2 is 1.87 bits per heavy atom. The molecule has 0 aromatic heterocycles. The predicted molar refractivity (Wildman–Crippen MR) is 94.3 cm³/mol. The van der Waals surface area contributed by atoms with Gasteiger partial charge in [0.05, 0.1) is 6.54 Å². The van der Waals surface area contributed by atoms with Crippen LogP contribution in [0.25, 0.3) is 0 Å². The van der Waals surface area contributed by atoms with Crippen LogP contribution in [0.3, 0.4) is 0 Å². The van der Waals surface area contributed by atoms with Crippen molar-refractivity contribution in [2.75, 3.05) is 13.1 Å². The molecule has 0 saturated carbocycles. The molecule has 1 heterocycles. The van der Waals surface area contributed by atoms with Crippen LogP contribution in [-0.4, -0.2) is 35.4 Å². The minimum absolute atomic E-state index is 0.0732. The first-order valence-corrected chi connectivity index (χ1v) is 8.14. The van der Waals surface area contributed by atoms with Crippen molar-refractivity contribution >= 4 is 11.9 Å². The first-order valence-electron chi connectivity index (χ1n) is 8.14. The maximum absolute atomic E-state index is 11.1.